The second kappa shape index (κ2) is 8.97. The van der Waals surface area contributed by atoms with E-state index in [1.54, 1.807) is 19.2 Å². The molecular formula is C28H26O3. The van der Waals surface area contributed by atoms with Crippen LogP contribution in [0.1, 0.15) is 16.7 Å². The molecule has 0 aliphatic rings. The molecule has 3 heteroatoms. The molecule has 0 bridgehead atoms. The minimum Gasteiger partial charge on any atom is -0.508 e. The number of hydrogen-bond acceptors (Lipinski definition) is 3. The van der Waals surface area contributed by atoms with Crippen LogP contribution in [0.3, 0.4) is 0 Å². The first kappa shape index (κ1) is 20.5. The van der Waals surface area contributed by atoms with Gasteiger partial charge in [0.2, 0.25) is 0 Å². The Hall–Kier alpha value is -3.72. The fraction of sp³-hybridized carbons (Fsp3) is 0.143. The van der Waals surface area contributed by atoms with Gasteiger partial charge in [-0.25, -0.2) is 0 Å². The summed E-state index contributed by atoms with van der Waals surface area (Å²) in [6.07, 6.45) is 0. The summed E-state index contributed by atoms with van der Waals surface area (Å²) < 4.78 is 11.6. The lowest BCUT2D eigenvalue weighted by Crippen LogP contribution is -1.98. The Morgan fingerprint density at radius 2 is 1.29 bits per heavy atom. The molecule has 0 radical (unpaired) electrons. The summed E-state index contributed by atoms with van der Waals surface area (Å²) in [6.45, 7) is 4.72. The summed E-state index contributed by atoms with van der Waals surface area (Å²) >= 11 is 0. The quantitative estimate of drug-likeness (QED) is 0.374. The van der Waals surface area contributed by atoms with E-state index in [2.05, 4.69) is 32.0 Å². The summed E-state index contributed by atoms with van der Waals surface area (Å²) in [5.74, 6) is 1.72. The van der Waals surface area contributed by atoms with Gasteiger partial charge in [0.25, 0.3) is 0 Å². The Kier molecular flexibility index (Phi) is 5.94. The van der Waals surface area contributed by atoms with Gasteiger partial charge < -0.3 is 14.6 Å². The molecule has 3 nitrogen and oxygen atoms in total. The van der Waals surface area contributed by atoms with Crippen molar-refractivity contribution in [2.24, 2.45) is 0 Å². The molecule has 0 aliphatic heterocycles. The lowest BCUT2D eigenvalue weighted by Gasteiger charge is -2.16. The van der Waals surface area contributed by atoms with Crippen molar-refractivity contribution in [1.82, 2.24) is 0 Å². The molecule has 0 aliphatic carbocycles. The molecule has 0 fully saturated rings. The highest BCUT2D eigenvalue weighted by Gasteiger charge is 2.12. The minimum atomic E-state index is 0.274. The molecule has 0 saturated heterocycles. The SMILES string of the molecule is COc1cc(-c2cc(C)c(-c3ccc(O)cc3)cc2C)ccc1OCc1ccccc1. The largest absolute Gasteiger partial charge is 0.508 e. The van der Waals surface area contributed by atoms with Crippen LogP contribution in [0.4, 0.5) is 0 Å². The molecule has 0 amide bonds. The fourth-order valence-electron chi connectivity index (χ4n) is 3.77. The van der Waals surface area contributed by atoms with E-state index in [0.717, 1.165) is 33.6 Å². The molecule has 4 aromatic rings. The standard InChI is InChI=1S/C28H26O3/c1-19-16-26(20(2)15-25(19)22-9-12-24(29)13-10-22)23-11-14-27(28(17-23)30-3)31-18-21-7-5-4-6-8-21/h4-17,29H,18H2,1-3H3. The predicted molar refractivity (Wildman–Crippen MR) is 126 cm³/mol. The third-order valence-electron chi connectivity index (χ3n) is 5.46. The monoisotopic (exact) mass is 410 g/mol. The van der Waals surface area contributed by atoms with E-state index >= 15 is 0 Å². The number of aromatic hydroxyl groups is 1. The van der Waals surface area contributed by atoms with Crippen LogP contribution in [0.15, 0.2) is 84.9 Å². The zero-order valence-electron chi connectivity index (χ0n) is 18.1. The first-order valence-corrected chi connectivity index (χ1v) is 10.3. The van der Waals surface area contributed by atoms with Crippen molar-refractivity contribution in [3.8, 4) is 39.5 Å². The van der Waals surface area contributed by atoms with Crippen molar-refractivity contribution >= 4 is 0 Å². The minimum absolute atomic E-state index is 0.274. The van der Waals surface area contributed by atoms with E-state index in [1.165, 1.54) is 11.1 Å². The maximum atomic E-state index is 9.57. The molecule has 156 valence electrons. The van der Waals surface area contributed by atoms with Gasteiger partial charge in [-0.05, 0) is 77.1 Å². The highest BCUT2D eigenvalue weighted by molar-refractivity contribution is 5.77. The maximum absolute atomic E-state index is 9.57. The zero-order chi connectivity index (χ0) is 21.8. The normalized spacial score (nSPS) is 10.7. The molecule has 0 saturated carbocycles. The lowest BCUT2D eigenvalue weighted by molar-refractivity contribution is 0.284. The Bertz CT molecular complexity index is 1180. The van der Waals surface area contributed by atoms with Crippen LogP contribution in [0, 0.1) is 13.8 Å². The first-order chi connectivity index (χ1) is 15.0. The number of ether oxygens (including phenoxy) is 2. The molecule has 0 heterocycles. The molecule has 4 aromatic carbocycles. The Labute approximate surface area is 183 Å². The van der Waals surface area contributed by atoms with Crippen molar-refractivity contribution in [2.45, 2.75) is 20.5 Å². The van der Waals surface area contributed by atoms with Gasteiger partial charge in [0.1, 0.15) is 12.4 Å². The van der Waals surface area contributed by atoms with Gasteiger partial charge in [-0.2, -0.15) is 0 Å². The summed E-state index contributed by atoms with van der Waals surface area (Å²) in [7, 11) is 1.67. The van der Waals surface area contributed by atoms with Gasteiger partial charge in [-0.3, -0.25) is 0 Å². The van der Waals surface area contributed by atoms with Gasteiger partial charge in [-0.15, -0.1) is 0 Å². The number of phenols is 1. The van der Waals surface area contributed by atoms with E-state index in [9.17, 15) is 5.11 Å². The highest BCUT2D eigenvalue weighted by atomic mass is 16.5. The van der Waals surface area contributed by atoms with E-state index in [0.29, 0.717) is 12.4 Å². The van der Waals surface area contributed by atoms with Crippen molar-refractivity contribution < 1.29 is 14.6 Å². The highest BCUT2D eigenvalue weighted by Crippen LogP contribution is 2.37. The number of rotatable bonds is 6. The number of hydrogen-bond donors (Lipinski definition) is 1. The number of benzene rings is 4. The average molecular weight is 411 g/mol. The average Bonchev–Trinajstić information content (AvgIpc) is 2.80. The van der Waals surface area contributed by atoms with Gasteiger partial charge >= 0.3 is 0 Å². The molecule has 4 rings (SSSR count). The Morgan fingerprint density at radius 1 is 0.677 bits per heavy atom. The van der Waals surface area contributed by atoms with Crippen molar-refractivity contribution in [1.29, 1.82) is 0 Å². The summed E-state index contributed by atoms with van der Waals surface area (Å²) in [5.41, 5.74) is 7.96. The molecule has 31 heavy (non-hydrogen) atoms. The number of phenolic OH excluding ortho intramolecular Hbond substituents is 1. The fourth-order valence-corrected chi connectivity index (χ4v) is 3.77. The van der Waals surface area contributed by atoms with Crippen LogP contribution in [0.25, 0.3) is 22.3 Å². The van der Waals surface area contributed by atoms with E-state index in [4.69, 9.17) is 9.47 Å². The maximum Gasteiger partial charge on any atom is 0.161 e. The Morgan fingerprint density at radius 3 is 1.94 bits per heavy atom. The van der Waals surface area contributed by atoms with Crippen molar-refractivity contribution in [3.05, 3.63) is 102 Å². The van der Waals surface area contributed by atoms with E-state index in [-0.39, 0.29) is 5.75 Å². The lowest BCUT2D eigenvalue weighted by atomic mass is 9.92. The molecule has 1 N–H and O–H groups in total. The van der Waals surface area contributed by atoms with Crippen LogP contribution >= 0.6 is 0 Å². The van der Waals surface area contributed by atoms with E-state index in [1.807, 2.05) is 54.6 Å². The summed E-state index contributed by atoms with van der Waals surface area (Å²) in [4.78, 5) is 0. The smallest absolute Gasteiger partial charge is 0.161 e. The summed E-state index contributed by atoms with van der Waals surface area (Å²) in [6, 6.07) is 27.9. The predicted octanol–water partition coefficient (Wildman–Crippen LogP) is 6.93. The third-order valence-corrected chi connectivity index (χ3v) is 5.46. The van der Waals surface area contributed by atoms with Gasteiger partial charge in [0, 0.05) is 0 Å². The molecule has 0 atom stereocenters. The van der Waals surface area contributed by atoms with Crippen molar-refractivity contribution in [3.63, 3.8) is 0 Å². The topological polar surface area (TPSA) is 38.7 Å². The molecular weight excluding hydrogens is 384 g/mol. The van der Waals surface area contributed by atoms with Gasteiger partial charge in [0.15, 0.2) is 11.5 Å². The Balaban J connectivity index is 1.63. The van der Waals surface area contributed by atoms with Crippen LogP contribution in [0.5, 0.6) is 17.2 Å². The van der Waals surface area contributed by atoms with Crippen LogP contribution < -0.4 is 9.47 Å². The van der Waals surface area contributed by atoms with Crippen molar-refractivity contribution in [2.75, 3.05) is 7.11 Å². The number of aryl methyl sites for hydroxylation is 2. The van der Waals surface area contributed by atoms with Crippen LogP contribution in [0.2, 0.25) is 0 Å². The van der Waals surface area contributed by atoms with Gasteiger partial charge in [-0.1, -0.05) is 60.7 Å². The number of methoxy groups -OCH3 is 1. The molecule has 0 aromatic heterocycles. The van der Waals surface area contributed by atoms with Crippen LogP contribution in [-0.2, 0) is 6.61 Å². The first-order valence-electron chi connectivity index (χ1n) is 10.3. The zero-order valence-corrected chi connectivity index (χ0v) is 18.1. The van der Waals surface area contributed by atoms with Gasteiger partial charge in [0.05, 0.1) is 7.11 Å². The third kappa shape index (κ3) is 4.56. The molecule has 0 unspecified atom stereocenters. The second-order valence-electron chi connectivity index (χ2n) is 7.67. The van der Waals surface area contributed by atoms with E-state index < -0.39 is 0 Å². The molecule has 0 spiro atoms. The second-order valence-corrected chi connectivity index (χ2v) is 7.67. The summed E-state index contributed by atoms with van der Waals surface area (Å²) in [5, 5.41) is 9.57. The van der Waals surface area contributed by atoms with Crippen LogP contribution in [-0.4, -0.2) is 12.2 Å².